The number of nitrogens with two attached hydrogens (primary N) is 1. The monoisotopic (exact) mass is 531 g/mol. The van der Waals surface area contributed by atoms with Gasteiger partial charge in [-0.15, -0.1) is 0 Å². The molecule has 1 aliphatic carbocycles. The number of halogens is 2. The van der Waals surface area contributed by atoms with Crippen LogP contribution < -0.4 is 11.1 Å². The first-order chi connectivity index (χ1) is 14.4. The Bertz CT molecular complexity index is 928. The standard InChI is InChI=1S/C20H27BrFN3O4SSi/c1-19(13-9-12(21)5-6-14(13)22)15-10-20(15,16(23)26)30-18(25-19)29-17(27)24-11-28-7-8-31(2,3)4/h5-6,9,15H,7-8,10-11H2,1-4H3,(H2,23,26)(H,24,27)/t15-,19+,20-/m0/s1. The van der Waals surface area contributed by atoms with Crippen LogP contribution in [0.15, 0.2) is 27.7 Å². The topological polar surface area (TPSA) is 103 Å². The molecule has 0 aromatic heterocycles. The molecule has 3 rings (SSSR count). The zero-order chi connectivity index (χ0) is 23.0. The van der Waals surface area contributed by atoms with E-state index in [1.54, 1.807) is 19.1 Å². The Labute approximate surface area is 194 Å². The number of nitrogens with zero attached hydrogens (tertiary/aromatic N) is 1. The number of thioether (sulfide) groups is 1. The molecule has 3 atom stereocenters. The predicted molar refractivity (Wildman–Crippen MR) is 125 cm³/mol. The van der Waals surface area contributed by atoms with Gasteiger partial charge in [0.05, 0.1) is 5.54 Å². The van der Waals surface area contributed by atoms with Crippen molar-refractivity contribution in [3.8, 4) is 0 Å². The zero-order valence-corrected chi connectivity index (χ0v) is 21.4. The van der Waals surface area contributed by atoms with Crippen molar-refractivity contribution in [2.45, 2.75) is 49.3 Å². The third-order valence-corrected chi connectivity index (χ3v) is 9.13. The Morgan fingerprint density at radius 1 is 1.42 bits per heavy atom. The van der Waals surface area contributed by atoms with E-state index >= 15 is 0 Å². The zero-order valence-electron chi connectivity index (χ0n) is 18.0. The molecule has 0 unspecified atom stereocenters. The van der Waals surface area contributed by atoms with Gasteiger partial charge in [0.25, 0.3) is 5.23 Å². The molecule has 0 spiro atoms. The van der Waals surface area contributed by atoms with Gasteiger partial charge in [0.2, 0.25) is 5.91 Å². The second-order valence-corrected chi connectivity index (χ2v) is 17.0. The van der Waals surface area contributed by atoms with Crippen molar-refractivity contribution in [2.24, 2.45) is 16.6 Å². The smallest absolute Gasteiger partial charge is 0.385 e. The first kappa shape index (κ1) is 24.2. The van der Waals surface area contributed by atoms with Crippen LogP contribution in [-0.2, 0) is 19.8 Å². The van der Waals surface area contributed by atoms with Crippen molar-refractivity contribution in [1.82, 2.24) is 5.32 Å². The molecule has 1 aliphatic heterocycles. The summed E-state index contributed by atoms with van der Waals surface area (Å²) in [6.45, 7) is 9.00. The number of rotatable bonds is 7. The van der Waals surface area contributed by atoms with Gasteiger partial charge in [-0.2, -0.15) is 0 Å². The first-order valence-corrected chi connectivity index (χ1v) is 15.3. The number of hydrogen-bond donors (Lipinski definition) is 2. The van der Waals surface area contributed by atoms with E-state index in [4.69, 9.17) is 15.2 Å². The number of amides is 2. The lowest BCUT2D eigenvalue weighted by molar-refractivity contribution is -0.118. The number of hydrogen-bond acceptors (Lipinski definition) is 6. The lowest BCUT2D eigenvalue weighted by atomic mass is 9.85. The summed E-state index contributed by atoms with van der Waals surface area (Å²) in [7, 11) is -1.22. The molecule has 170 valence electrons. The number of aliphatic imine (C=N–C) groups is 1. The lowest BCUT2D eigenvalue weighted by Gasteiger charge is -2.33. The minimum Gasteiger partial charge on any atom is -0.385 e. The highest BCUT2D eigenvalue weighted by molar-refractivity contribution is 9.10. The third-order valence-electron chi connectivity index (χ3n) is 5.57. The molecule has 1 aromatic carbocycles. The number of benzene rings is 1. The summed E-state index contributed by atoms with van der Waals surface area (Å²) in [5.41, 5.74) is 4.87. The second kappa shape index (κ2) is 8.84. The molecule has 11 heteroatoms. The second-order valence-electron chi connectivity index (χ2n) is 9.19. The van der Waals surface area contributed by atoms with Gasteiger partial charge in [0.15, 0.2) is 0 Å². The van der Waals surface area contributed by atoms with Crippen LogP contribution in [0.2, 0.25) is 25.7 Å². The van der Waals surface area contributed by atoms with E-state index in [-0.39, 0.29) is 17.9 Å². The Morgan fingerprint density at radius 3 is 2.77 bits per heavy atom. The average Bonchev–Trinajstić information content (AvgIpc) is 3.39. The summed E-state index contributed by atoms with van der Waals surface area (Å²) in [4.78, 5) is 29.0. The number of carbonyl (C=O) groups is 2. The maximum atomic E-state index is 14.7. The minimum absolute atomic E-state index is 0.00236. The van der Waals surface area contributed by atoms with Gasteiger partial charge in [-0.3, -0.25) is 10.1 Å². The highest BCUT2D eigenvalue weighted by Crippen LogP contribution is 2.66. The maximum absolute atomic E-state index is 14.7. The van der Waals surface area contributed by atoms with Crippen molar-refractivity contribution in [1.29, 1.82) is 0 Å². The highest BCUT2D eigenvalue weighted by atomic mass is 79.9. The van der Waals surface area contributed by atoms with Gasteiger partial charge >= 0.3 is 6.09 Å². The molecule has 1 heterocycles. The van der Waals surface area contributed by atoms with Crippen molar-refractivity contribution >= 4 is 53.0 Å². The molecule has 7 nitrogen and oxygen atoms in total. The number of fused-ring (bicyclic) bond motifs is 1. The summed E-state index contributed by atoms with van der Waals surface area (Å²) < 4.78 is 25.2. The molecular formula is C20H27BrFN3O4SSi. The van der Waals surface area contributed by atoms with Gasteiger partial charge in [-0.25, -0.2) is 14.2 Å². The highest BCUT2D eigenvalue weighted by Gasteiger charge is 2.70. The Morgan fingerprint density at radius 2 is 2.13 bits per heavy atom. The van der Waals surface area contributed by atoms with Gasteiger partial charge in [-0.1, -0.05) is 35.6 Å². The van der Waals surface area contributed by atoms with E-state index < -0.39 is 36.2 Å². The quantitative estimate of drug-likeness (QED) is 0.312. The van der Waals surface area contributed by atoms with E-state index in [0.29, 0.717) is 23.1 Å². The maximum Gasteiger partial charge on any atom is 0.416 e. The number of primary amides is 1. The number of ether oxygens (including phenoxy) is 2. The van der Waals surface area contributed by atoms with Crippen LogP contribution in [0.4, 0.5) is 9.18 Å². The molecule has 3 N–H and O–H groups in total. The van der Waals surface area contributed by atoms with Crippen molar-refractivity contribution in [2.75, 3.05) is 13.3 Å². The number of carbonyl (C=O) groups excluding carboxylic acids is 2. The molecule has 1 aromatic rings. The van der Waals surface area contributed by atoms with Gasteiger partial charge in [0, 0.05) is 30.6 Å². The summed E-state index contributed by atoms with van der Waals surface area (Å²) in [6, 6.07) is 5.53. The molecule has 1 saturated carbocycles. The summed E-state index contributed by atoms with van der Waals surface area (Å²) in [6.07, 6.45) is -0.331. The summed E-state index contributed by atoms with van der Waals surface area (Å²) in [5, 5.41) is 2.49. The lowest BCUT2D eigenvalue weighted by Crippen LogP contribution is -2.42. The van der Waals surface area contributed by atoms with Gasteiger partial charge < -0.3 is 15.2 Å². The predicted octanol–water partition coefficient (Wildman–Crippen LogP) is 4.19. The van der Waals surface area contributed by atoms with Crippen LogP contribution >= 0.6 is 27.7 Å². The average molecular weight is 533 g/mol. The molecule has 2 amide bonds. The fourth-order valence-corrected chi connectivity index (χ4v) is 6.14. The fourth-order valence-electron chi connectivity index (χ4n) is 3.63. The largest absolute Gasteiger partial charge is 0.416 e. The molecule has 0 bridgehead atoms. The molecule has 1 fully saturated rings. The van der Waals surface area contributed by atoms with Gasteiger partial charge in [-0.05, 0) is 49.3 Å². The van der Waals surface area contributed by atoms with Crippen molar-refractivity contribution < 1.29 is 23.5 Å². The van der Waals surface area contributed by atoms with Crippen LogP contribution in [0.5, 0.6) is 0 Å². The summed E-state index contributed by atoms with van der Waals surface area (Å²) >= 11 is 4.37. The van der Waals surface area contributed by atoms with Crippen molar-refractivity contribution in [3.05, 3.63) is 34.1 Å². The minimum atomic E-state index is -1.22. The van der Waals surface area contributed by atoms with E-state index in [1.807, 2.05) is 0 Å². The van der Waals surface area contributed by atoms with Gasteiger partial charge in [0.1, 0.15) is 17.3 Å². The number of nitrogens with one attached hydrogen (secondary N) is 1. The van der Waals surface area contributed by atoms with E-state index in [9.17, 15) is 14.0 Å². The van der Waals surface area contributed by atoms with E-state index in [1.165, 1.54) is 6.07 Å². The van der Waals surface area contributed by atoms with Crippen LogP contribution in [0.3, 0.4) is 0 Å². The SMILES string of the molecule is C[C@]1(c2cc(Br)ccc2F)N=C(OC(=O)NCOCC[Si](C)(C)C)S[C@@]2(C(N)=O)C[C@H]21. The normalized spacial score (nSPS) is 27.2. The first-order valence-electron chi connectivity index (χ1n) is 9.95. The molecule has 0 saturated heterocycles. The molecular weight excluding hydrogens is 505 g/mol. The molecule has 0 radical (unpaired) electrons. The summed E-state index contributed by atoms with van der Waals surface area (Å²) in [5.74, 6) is -1.28. The van der Waals surface area contributed by atoms with Crippen LogP contribution in [0, 0.1) is 11.7 Å². The van der Waals surface area contributed by atoms with Crippen LogP contribution in [-0.4, -0.2) is 43.4 Å². The number of alkyl carbamates (subject to hydrolysis) is 1. The third kappa shape index (κ3) is 5.32. The Hall–Kier alpha value is -1.43. The Balaban J connectivity index is 1.73. The Kier molecular flexibility index (Phi) is 6.90. The van der Waals surface area contributed by atoms with E-state index in [0.717, 1.165) is 17.8 Å². The van der Waals surface area contributed by atoms with Crippen LogP contribution in [0.25, 0.3) is 0 Å². The van der Waals surface area contributed by atoms with Crippen molar-refractivity contribution in [3.63, 3.8) is 0 Å². The van der Waals surface area contributed by atoms with Crippen LogP contribution in [0.1, 0.15) is 18.9 Å². The fraction of sp³-hybridized carbons (Fsp3) is 0.550. The molecule has 31 heavy (non-hydrogen) atoms. The molecule has 2 aliphatic rings. The van der Waals surface area contributed by atoms with E-state index in [2.05, 4.69) is 45.9 Å².